The average molecular weight is 568 g/mol. The molecule has 0 saturated carbocycles. The van der Waals surface area contributed by atoms with Crippen LogP contribution in [-0.4, -0.2) is 67.9 Å². The lowest BCUT2D eigenvalue weighted by atomic mass is 9.96. The van der Waals surface area contributed by atoms with Gasteiger partial charge in [0.2, 0.25) is 17.7 Å². The molecule has 0 spiro atoms. The van der Waals surface area contributed by atoms with Crippen LogP contribution in [-0.2, 0) is 32.0 Å². The normalized spacial score (nSPS) is 15.1. The maximum Gasteiger partial charge on any atom is 0.326 e. The summed E-state index contributed by atoms with van der Waals surface area (Å²) in [5, 5.41) is 18.8. The molecule has 12 nitrogen and oxygen atoms in total. The van der Waals surface area contributed by atoms with E-state index >= 15 is 0 Å². The minimum Gasteiger partial charge on any atom is -0.480 e. The van der Waals surface area contributed by atoms with Gasteiger partial charge >= 0.3 is 5.97 Å². The Labute approximate surface area is 239 Å². The van der Waals surface area contributed by atoms with E-state index in [1.165, 1.54) is 12.5 Å². The third-order valence-corrected chi connectivity index (χ3v) is 7.18. The van der Waals surface area contributed by atoms with Crippen LogP contribution in [0.4, 0.5) is 0 Å². The third kappa shape index (κ3) is 8.65. The monoisotopic (exact) mass is 567 g/mol. The number of rotatable bonds is 15. The molecule has 2 heterocycles. The molecule has 8 N–H and O–H groups in total. The Morgan fingerprint density at radius 3 is 2.29 bits per heavy atom. The number of benzene rings is 1. The first kappa shape index (κ1) is 31.3. The number of carboxylic acid groups (broad SMARTS) is 1. The van der Waals surface area contributed by atoms with Crippen LogP contribution in [0.3, 0.4) is 0 Å². The van der Waals surface area contributed by atoms with Gasteiger partial charge in [-0.3, -0.25) is 14.4 Å². The van der Waals surface area contributed by atoms with Crippen molar-refractivity contribution in [3.8, 4) is 0 Å². The number of carboxylic acids is 1. The molecule has 0 bridgehead atoms. The molecule has 0 saturated heterocycles. The molecule has 12 heteroatoms. The fraction of sp³-hybridized carbons (Fsp3) is 0.483. The number of amides is 3. The Hall–Kier alpha value is -4.19. The number of fused-ring (bicyclic) bond motifs is 1. The number of para-hydroxylation sites is 1. The van der Waals surface area contributed by atoms with Crippen LogP contribution in [0.25, 0.3) is 10.9 Å². The second-order valence-electron chi connectivity index (χ2n) is 10.9. The fourth-order valence-corrected chi connectivity index (χ4v) is 4.66. The van der Waals surface area contributed by atoms with E-state index < -0.39 is 47.9 Å². The number of aromatic nitrogens is 3. The molecule has 222 valence electrons. The number of carbonyl (C=O) groups is 4. The minimum absolute atomic E-state index is 0.0197. The van der Waals surface area contributed by atoms with E-state index in [1.807, 2.05) is 52.0 Å². The molecule has 0 aliphatic rings. The van der Waals surface area contributed by atoms with E-state index in [9.17, 15) is 24.3 Å². The highest BCUT2D eigenvalue weighted by Gasteiger charge is 2.33. The van der Waals surface area contributed by atoms with Crippen LogP contribution in [0.1, 0.15) is 51.8 Å². The number of aliphatic carboxylic acids is 1. The molecule has 1 aromatic carbocycles. The van der Waals surface area contributed by atoms with Gasteiger partial charge in [0.25, 0.3) is 0 Å². The summed E-state index contributed by atoms with van der Waals surface area (Å²) in [5.74, 6) is -2.95. The van der Waals surface area contributed by atoms with E-state index in [1.54, 1.807) is 6.20 Å². The van der Waals surface area contributed by atoms with Crippen LogP contribution in [0.15, 0.2) is 43.0 Å². The first-order chi connectivity index (χ1) is 19.5. The van der Waals surface area contributed by atoms with Gasteiger partial charge in [0.1, 0.15) is 18.1 Å². The lowest BCUT2D eigenvalue weighted by molar-refractivity contribution is -0.142. The summed E-state index contributed by atoms with van der Waals surface area (Å²) >= 11 is 0. The smallest absolute Gasteiger partial charge is 0.326 e. The highest BCUT2D eigenvalue weighted by Crippen LogP contribution is 2.20. The number of H-pyrrole nitrogens is 2. The van der Waals surface area contributed by atoms with Crippen molar-refractivity contribution in [1.29, 1.82) is 0 Å². The maximum absolute atomic E-state index is 13.6. The molecule has 2 aromatic heterocycles. The second kappa shape index (κ2) is 14.4. The quantitative estimate of drug-likeness (QED) is 0.145. The number of nitrogens with one attached hydrogen (secondary N) is 5. The van der Waals surface area contributed by atoms with Crippen molar-refractivity contribution in [2.75, 3.05) is 0 Å². The number of aromatic amines is 2. The zero-order chi connectivity index (χ0) is 30.1. The summed E-state index contributed by atoms with van der Waals surface area (Å²) in [6, 6.07) is 3.43. The summed E-state index contributed by atoms with van der Waals surface area (Å²) < 4.78 is 0. The van der Waals surface area contributed by atoms with Gasteiger partial charge in [0, 0.05) is 41.8 Å². The Morgan fingerprint density at radius 2 is 1.66 bits per heavy atom. The van der Waals surface area contributed by atoms with Crippen molar-refractivity contribution in [3.63, 3.8) is 0 Å². The summed E-state index contributed by atoms with van der Waals surface area (Å²) in [6.45, 7) is 7.64. The number of hydrogen-bond acceptors (Lipinski definition) is 6. The molecule has 0 radical (unpaired) electrons. The van der Waals surface area contributed by atoms with E-state index in [-0.39, 0.29) is 24.7 Å². The van der Waals surface area contributed by atoms with Crippen LogP contribution >= 0.6 is 0 Å². The molecular weight excluding hydrogens is 526 g/mol. The second-order valence-corrected chi connectivity index (χ2v) is 10.9. The van der Waals surface area contributed by atoms with Crippen molar-refractivity contribution in [2.45, 2.75) is 77.5 Å². The number of hydrogen-bond donors (Lipinski definition) is 7. The highest BCUT2D eigenvalue weighted by molar-refractivity contribution is 5.95. The van der Waals surface area contributed by atoms with Gasteiger partial charge in [-0.25, -0.2) is 9.78 Å². The summed E-state index contributed by atoms with van der Waals surface area (Å²) in [5.41, 5.74) is 8.23. The molecule has 0 aliphatic heterocycles. The molecule has 5 unspecified atom stereocenters. The minimum atomic E-state index is -1.26. The average Bonchev–Trinajstić information content (AvgIpc) is 3.60. The zero-order valence-corrected chi connectivity index (χ0v) is 23.9. The number of carbonyl (C=O) groups excluding carboxylic acids is 3. The topological polar surface area (TPSA) is 195 Å². The Morgan fingerprint density at radius 1 is 0.951 bits per heavy atom. The van der Waals surface area contributed by atoms with Crippen molar-refractivity contribution >= 4 is 34.6 Å². The fourth-order valence-electron chi connectivity index (χ4n) is 4.66. The number of nitrogens with two attached hydrogens (primary N) is 1. The Balaban J connectivity index is 1.86. The first-order valence-corrected chi connectivity index (χ1v) is 13.9. The van der Waals surface area contributed by atoms with Crippen molar-refractivity contribution in [1.82, 2.24) is 30.9 Å². The van der Waals surface area contributed by atoms with Gasteiger partial charge in [0.05, 0.1) is 12.4 Å². The predicted molar refractivity (Wildman–Crippen MR) is 155 cm³/mol. The zero-order valence-electron chi connectivity index (χ0n) is 23.9. The third-order valence-electron chi connectivity index (χ3n) is 7.18. The summed E-state index contributed by atoms with van der Waals surface area (Å²) in [4.78, 5) is 61.9. The Bertz CT molecular complexity index is 1320. The molecule has 0 fully saturated rings. The largest absolute Gasteiger partial charge is 0.480 e. The molecule has 3 rings (SSSR count). The van der Waals surface area contributed by atoms with Gasteiger partial charge in [-0.1, -0.05) is 52.3 Å². The van der Waals surface area contributed by atoms with Gasteiger partial charge in [0.15, 0.2) is 0 Å². The van der Waals surface area contributed by atoms with Gasteiger partial charge in [-0.05, 0) is 29.9 Å². The first-order valence-electron chi connectivity index (χ1n) is 13.9. The van der Waals surface area contributed by atoms with Crippen LogP contribution in [0.2, 0.25) is 0 Å². The van der Waals surface area contributed by atoms with Crippen LogP contribution in [0, 0.1) is 11.8 Å². The lowest BCUT2D eigenvalue weighted by Crippen LogP contribution is -2.59. The van der Waals surface area contributed by atoms with Crippen molar-refractivity contribution in [3.05, 3.63) is 54.2 Å². The predicted octanol–water partition coefficient (Wildman–Crippen LogP) is 1.63. The van der Waals surface area contributed by atoms with Gasteiger partial charge in [-0.15, -0.1) is 0 Å². The maximum atomic E-state index is 13.6. The van der Waals surface area contributed by atoms with E-state index in [4.69, 9.17) is 5.73 Å². The molecule has 3 aromatic rings. The van der Waals surface area contributed by atoms with Crippen LogP contribution < -0.4 is 21.7 Å². The molecule has 0 aliphatic carbocycles. The highest BCUT2D eigenvalue weighted by atomic mass is 16.4. The van der Waals surface area contributed by atoms with E-state index in [0.29, 0.717) is 18.5 Å². The number of imidazole rings is 1. The lowest BCUT2D eigenvalue weighted by Gasteiger charge is -2.28. The molecule has 41 heavy (non-hydrogen) atoms. The van der Waals surface area contributed by atoms with Crippen LogP contribution in [0.5, 0.6) is 0 Å². The summed E-state index contributed by atoms with van der Waals surface area (Å²) in [6.07, 6.45) is 5.78. The molecule has 5 atom stereocenters. The van der Waals surface area contributed by atoms with E-state index in [2.05, 4.69) is 30.9 Å². The van der Waals surface area contributed by atoms with Crippen molar-refractivity contribution in [2.24, 2.45) is 17.6 Å². The molecular formula is C29H41N7O5. The molecule has 3 amide bonds. The van der Waals surface area contributed by atoms with Crippen molar-refractivity contribution < 1.29 is 24.3 Å². The van der Waals surface area contributed by atoms with Gasteiger partial charge < -0.3 is 36.8 Å². The number of nitrogens with zero attached hydrogens (tertiary/aromatic N) is 1. The SMILES string of the molecule is CCC(C)C(NC(=O)C(N)CC(C)C)C(=O)NC(Cc1c[nH]c2ccccc12)C(=O)NC(Cc1cnc[nH]1)C(=O)O. The standard InChI is InChI=1S/C29H41N7O5/c1-5-17(4)25(36-26(37)21(30)10-16(2)3)28(39)34-23(11-18-13-32-22-9-7-6-8-20(18)22)27(38)35-24(29(40)41)12-19-14-31-15-33-19/h6-9,13-17,21,23-25,32H,5,10-12,30H2,1-4H3,(H,31,33)(H,34,39)(H,35,38)(H,36,37)(H,40,41). The van der Waals surface area contributed by atoms with E-state index in [0.717, 1.165) is 16.5 Å². The summed E-state index contributed by atoms with van der Waals surface area (Å²) in [7, 11) is 0. The van der Waals surface area contributed by atoms with Gasteiger partial charge in [-0.2, -0.15) is 0 Å². The Kier molecular flexibility index (Phi) is 11.0.